The molecule has 3 nitrogen and oxygen atoms in total. The van der Waals surface area contributed by atoms with Crippen molar-refractivity contribution >= 4 is 29.0 Å². The van der Waals surface area contributed by atoms with E-state index in [1.807, 2.05) is 12.1 Å². The van der Waals surface area contributed by atoms with Gasteiger partial charge in [0.15, 0.2) is 11.1 Å². The highest BCUT2D eigenvalue weighted by molar-refractivity contribution is 7.78. The Labute approximate surface area is 127 Å². The Morgan fingerprint density at radius 2 is 2.10 bits per heavy atom. The van der Waals surface area contributed by atoms with Gasteiger partial charge in [-0.05, 0) is 41.9 Å². The zero-order valence-corrected chi connectivity index (χ0v) is 12.8. The molecule has 0 aromatic heterocycles. The van der Waals surface area contributed by atoms with Gasteiger partial charge in [0.2, 0.25) is 0 Å². The van der Waals surface area contributed by atoms with Crippen molar-refractivity contribution in [3.05, 3.63) is 34.3 Å². The standard InChI is InChI=1S/C15H19ClO3S/c16-15-9-12(5-6-13(15)10-20(18)19)14(7-8-17)11-3-1-2-4-11/h5-6,8-9,11,14H,1-4,7,10H2,(H,18,19)/t14-/m1/s1. The molecule has 2 atom stereocenters. The summed E-state index contributed by atoms with van der Waals surface area (Å²) in [5.74, 6) is 0.816. The molecule has 0 spiro atoms. The third kappa shape index (κ3) is 3.90. The molecule has 0 radical (unpaired) electrons. The highest BCUT2D eigenvalue weighted by Crippen LogP contribution is 2.39. The molecule has 5 heteroatoms. The van der Waals surface area contributed by atoms with E-state index in [2.05, 4.69) is 0 Å². The minimum atomic E-state index is -1.89. The number of halogens is 1. The lowest BCUT2D eigenvalue weighted by Gasteiger charge is -2.22. The van der Waals surface area contributed by atoms with Crippen molar-refractivity contribution in [2.24, 2.45) is 5.92 Å². The lowest BCUT2D eigenvalue weighted by molar-refractivity contribution is -0.108. The van der Waals surface area contributed by atoms with E-state index in [4.69, 9.17) is 16.2 Å². The van der Waals surface area contributed by atoms with Crippen molar-refractivity contribution in [3.63, 3.8) is 0 Å². The molecule has 1 aliphatic rings. The number of hydrogen-bond acceptors (Lipinski definition) is 2. The highest BCUT2D eigenvalue weighted by atomic mass is 35.5. The zero-order valence-electron chi connectivity index (χ0n) is 11.3. The fourth-order valence-electron chi connectivity index (χ4n) is 3.11. The number of aldehydes is 1. The van der Waals surface area contributed by atoms with Gasteiger partial charge in [-0.2, -0.15) is 0 Å². The summed E-state index contributed by atoms with van der Waals surface area (Å²) < 4.78 is 19.8. The van der Waals surface area contributed by atoms with Crippen LogP contribution in [0.5, 0.6) is 0 Å². The Balaban J connectivity index is 2.22. The van der Waals surface area contributed by atoms with Crippen molar-refractivity contribution in [2.75, 3.05) is 0 Å². The van der Waals surface area contributed by atoms with Crippen LogP contribution in [0, 0.1) is 5.92 Å². The van der Waals surface area contributed by atoms with Crippen LogP contribution in [0.2, 0.25) is 5.02 Å². The molecule has 20 heavy (non-hydrogen) atoms. The predicted molar refractivity (Wildman–Crippen MR) is 81.3 cm³/mol. The van der Waals surface area contributed by atoms with E-state index in [1.54, 1.807) is 6.07 Å². The molecule has 1 aromatic rings. The molecular weight excluding hydrogens is 296 g/mol. The summed E-state index contributed by atoms with van der Waals surface area (Å²) in [6.07, 6.45) is 6.29. The smallest absolute Gasteiger partial charge is 0.157 e. The van der Waals surface area contributed by atoms with E-state index in [-0.39, 0.29) is 11.7 Å². The van der Waals surface area contributed by atoms with E-state index in [1.165, 1.54) is 25.7 Å². The van der Waals surface area contributed by atoms with E-state index in [0.29, 0.717) is 22.9 Å². The largest absolute Gasteiger partial charge is 0.306 e. The molecule has 1 saturated carbocycles. The quantitative estimate of drug-likeness (QED) is 0.639. The van der Waals surface area contributed by atoms with Crippen LogP contribution in [0.4, 0.5) is 0 Å². The monoisotopic (exact) mass is 314 g/mol. The lowest BCUT2D eigenvalue weighted by atomic mass is 9.82. The fourth-order valence-corrected chi connectivity index (χ4v) is 3.96. The Hall–Kier alpha value is -0.710. The van der Waals surface area contributed by atoms with Gasteiger partial charge in [0.05, 0.1) is 5.75 Å². The minimum absolute atomic E-state index is 0.0425. The van der Waals surface area contributed by atoms with E-state index in [9.17, 15) is 9.00 Å². The second-order valence-electron chi connectivity index (χ2n) is 5.37. The molecule has 1 N–H and O–H groups in total. The Bertz CT molecular complexity index is 498. The third-order valence-electron chi connectivity index (χ3n) is 4.10. The number of hydrogen-bond donors (Lipinski definition) is 1. The minimum Gasteiger partial charge on any atom is -0.306 e. The van der Waals surface area contributed by atoms with Gasteiger partial charge in [-0.3, -0.25) is 0 Å². The Kier molecular flexibility index (Phi) is 5.75. The summed E-state index contributed by atoms with van der Waals surface area (Å²) in [6, 6.07) is 5.61. The third-order valence-corrected chi connectivity index (χ3v) is 5.01. The Morgan fingerprint density at radius 1 is 1.40 bits per heavy atom. The van der Waals surface area contributed by atoms with Crippen LogP contribution < -0.4 is 0 Å². The summed E-state index contributed by atoms with van der Waals surface area (Å²) in [5.41, 5.74) is 1.74. The highest BCUT2D eigenvalue weighted by Gasteiger charge is 2.26. The van der Waals surface area contributed by atoms with Gasteiger partial charge in [-0.15, -0.1) is 0 Å². The Morgan fingerprint density at radius 3 is 2.65 bits per heavy atom. The first-order chi connectivity index (χ1) is 9.61. The van der Waals surface area contributed by atoms with Crippen molar-refractivity contribution in [1.82, 2.24) is 0 Å². The zero-order chi connectivity index (χ0) is 14.5. The molecule has 1 aromatic carbocycles. The number of carbonyl (C=O) groups is 1. The fraction of sp³-hybridized carbons (Fsp3) is 0.533. The van der Waals surface area contributed by atoms with E-state index < -0.39 is 11.1 Å². The summed E-state index contributed by atoms with van der Waals surface area (Å²) in [7, 11) is 0. The SMILES string of the molecule is O=CC[C@@H](c1ccc(CS(=O)O)c(Cl)c1)C1CCCC1. The predicted octanol–water partition coefficient (Wildman–Crippen LogP) is 3.92. The second-order valence-corrected chi connectivity index (χ2v) is 6.71. The molecule has 1 unspecified atom stereocenters. The lowest BCUT2D eigenvalue weighted by Crippen LogP contribution is -2.11. The molecule has 0 amide bonds. The van der Waals surface area contributed by atoms with Crippen LogP contribution in [0.1, 0.15) is 49.1 Å². The summed E-state index contributed by atoms with van der Waals surface area (Å²) in [4.78, 5) is 10.9. The van der Waals surface area contributed by atoms with Crippen LogP contribution in [-0.2, 0) is 21.6 Å². The first kappa shape index (κ1) is 15.7. The summed E-state index contributed by atoms with van der Waals surface area (Å²) in [6.45, 7) is 0. The van der Waals surface area contributed by atoms with Crippen LogP contribution in [0.3, 0.4) is 0 Å². The summed E-state index contributed by atoms with van der Waals surface area (Å²) >= 11 is 4.30. The molecule has 0 saturated heterocycles. The first-order valence-corrected chi connectivity index (χ1v) is 8.56. The molecular formula is C15H19ClO3S. The molecule has 110 valence electrons. The first-order valence-electron chi connectivity index (χ1n) is 6.91. The van der Waals surface area contributed by atoms with Crippen LogP contribution >= 0.6 is 11.6 Å². The molecule has 0 aliphatic heterocycles. The van der Waals surface area contributed by atoms with Gasteiger partial charge in [0.1, 0.15) is 6.29 Å². The van der Waals surface area contributed by atoms with Crippen molar-refractivity contribution in [1.29, 1.82) is 0 Å². The topological polar surface area (TPSA) is 54.4 Å². The van der Waals surface area contributed by atoms with Crippen LogP contribution in [0.25, 0.3) is 0 Å². The van der Waals surface area contributed by atoms with Gasteiger partial charge in [0, 0.05) is 11.4 Å². The number of rotatable bonds is 6. The average Bonchev–Trinajstić information content (AvgIpc) is 2.92. The maximum Gasteiger partial charge on any atom is 0.157 e. The van der Waals surface area contributed by atoms with Gasteiger partial charge >= 0.3 is 0 Å². The van der Waals surface area contributed by atoms with Crippen molar-refractivity contribution in [2.45, 2.75) is 43.8 Å². The maximum atomic E-state index is 10.9. The van der Waals surface area contributed by atoms with Gasteiger partial charge in [-0.1, -0.05) is 36.6 Å². The van der Waals surface area contributed by atoms with E-state index >= 15 is 0 Å². The number of benzene rings is 1. The van der Waals surface area contributed by atoms with Gasteiger partial charge < -0.3 is 9.35 Å². The normalized spacial score (nSPS) is 18.9. The van der Waals surface area contributed by atoms with Crippen LogP contribution in [-0.4, -0.2) is 15.0 Å². The van der Waals surface area contributed by atoms with Crippen molar-refractivity contribution in [3.8, 4) is 0 Å². The van der Waals surface area contributed by atoms with Gasteiger partial charge in [-0.25, -0.2) is 4.21 Å². The van der Waals surface area contributed by atoms with Crippen LogP contribution in [0.15, 0.2) is 18.2 Å². The molecule has 2 rings (SSSR count). The van der Waals surface area contributed by atoms with E-state index in [0.717, 1.165) is 11.8 Å². The second kappa shape index (κ2) is 7.34. The van der Waals surface area contributed by atoms with Gasteiger partial charge in [0.25, 0.3) is 0 Å². The maximum absolute atomic E-state index is 10.9. The number of carbonyl (C=O) groups excluding carboxylic acids is 1. The van der Waals surface area contributed by atoms with Crippen molar-refractivity contribution < 1.29 is 13.6 Å². The molecule has 1 fully saturated rings. The molecule has 0 heterocycles. The molecule has 1 aliphatic carbocycles. The summed E-state index contributed by atoms with van der Waals surface area (Å²) in [5, 5.41) is 0.513. The average molecular weight is 315 g/mol. The molecule has 0 bridgehead atoms.